The van der Waals surface area contributed by atoms with Crippen LogP contribution in [-0.2, 0) is 9.53 Å². The smallest absolute Gasteiger partial charge is 0.334 e. The van der Waals surface area contributed by atoms with E-state index in [9.17, 15) is 14.4 Å². The van der Waals surface area contributed by atoms with Crippen LogP contribution < -0.4 is 21.3 Å². The maximum atomic E-state index is 11.6. The van der Waals surface area contributed by atoms with Crippen LogP contribution in [0.25, 0.3) is 0 Å². The van der Waals surface area contributed by atoms with Crippen LogP contribution in [-0.4, -0.2) is 37.7 Å². The Kier molecular flexibility index (Phi) is 10.3. The Hall–Kier alpha value is -2.25. The van der Waals surface area contributed by atoms with Crippen LogP contribution in [0.1, 0.15) is 33.6 Å². The fourth-order valence-electron chi connectivity index (χ4n) is 1.22. The summed E-state index contributed by atoms with van der Waals surface area (Å²) >= 11 is 0. The number of hydrogen-bond donors (Lipinski definition) is 4. The van der Waals surface area contributed by atoms with Gasteiger partial charge >= 0.3 is 18.0 Å². The zero-order chi connectivity index (χ0) is 16.1. The van der Waals surface area contributed by atoms with Crippen molar-refractivity contribution < 1.29 is 19.1 Å². The lowest BCUT2D eigenvalue weighted by molar-refractivity contribution is -0.137. The van der Waals surface area contributed by atoms with Crippen LogP contribution in [0.5, 0.6) is 0 Å². The minimum atomic E-state index is -0.654. The number of urea groups is 2. The van der Waals surface area contributed by atoms with Crippen molar-refractivity contribution in [3.63, 3.8) is 0 Å². The van der Waals surface area contributed by atoms with E-state index in [-0.39, 0.29) is 12.4 Å². The van der Waals surface area contributed by atoms with Gasteiger partial charge in [0.15, 0.2) is 0 Å². The largest absolute Gasteiger partial charge is 0.463 e. The standard InChI is InChI=1S/C13H24N4O4/c1-4-7-14-12(19)16-10(9-11(18)21-6-3)17-13(20)15-8-5-2/h9H,4-8H2,1-3H3,(H2,14,16,19)(H2,15,17,20). The first kappa shape index (κ1) is 18.8. The van der Waals surface area contributed by atoms with Gasteiger partial charge in [0, 0.05) is 13.1 Å². The van der Waals surface area contributed by atoms with E-state index in [1.807, 2.05) is 13.8 Å². The highest BCUT2D eigenvalue weighted by Crippen LogP contribution is 1.89. The first-order valence-electron chi connectivity index (χ1n) is 7.01. The quantitative estimate of drug-likeness (QED) is 0.393. The highest BCUT2D eigenvalue weighted by atomic mass is 16.5. The maximum absolute atomic E-state index is 11.6. The molecule has 0 rings (SSSR count). The van der Waals surface area contributed by atoms with Crippen LogP contribution >= 0.6 is 0 Å². The van der Waals surface area contributed by atoms with Crippen molar-refractivity contribution in [2.45, 2.75) is 33.6 Å². The molecule has 0 aliphatic rings. The molecule has 4 N–H and O–H groups in total. The molecule has 0 atom stereocenters. The molecule has 0 aliphatic carbocycles. The van der Waals surface area contributed by atoms with Gasteiger partial charge in [0.2, 0.25) is 0 Å². The van der Waals surface area contributed by atoms with E-state index in [1.165, 1.54) is 0 Å². The van der Waals surface area contributed by atoms with E-state index in [2.05, 4.69) is 21.3 Å². The molecule has 21 heavy (non-hydrogen) atoms. The number of nitrogens with one attached hydrogen (secondary N) is 4. The van der Waals surface area contributed by atoms with E-state index in [4.69, 9.17) is 4.74 Å². The van der Waals surface area contributed by atoms with Gasteiger partial charge in [-0.1, -0.05) is 13.8 Å². The van der Waals surface area contributed by atoms with Crippen LogP contribution in [0.2, 0.25) is 0 Å². The summed E-state index contributed by atoms with van der Waals surface area (Å²) in [5.74, 6) is -0.699. The highest BCUT2D eigenvalue weighted by molar-refractivity contribution is 5.86. The fraction of sp³-hybridized carbons (Fsp3) is 0.615. The molecular formula is C13H24N4O4. The molecular weight excluding hydrogens is 276 g/mol. The van der Waals surface area contributed by atoms with Gasteiger partial charge in [-0.15, -0.1) is 0 Å². The van der Waals surface area contributed by atoms with Gasteiger partial charge in [-0.3, -0.25) is 10.6 Å². The van der Waals surface area contributed by atoms with E-state index in [1.54, 1.807) is 6.92 Å². The molecule has 0 radical (unpaired) electrons. The number of carbonyl (C=O) groups excluding carboxylic acids is 3. The van der Waals surface area contributed by atoms with Gasteiger partial charge in [0.1, 0.15) is 5.82 Å². The number of amides is 4. The summed E-state index contributed by atoms with van der Waals surface area (Å²) in [6, 6.07) is -1.02. The van der Waals surface area contributed by atoms with E-state index in [0.717, 1.165) is 18.9 Å². The Morgan fingerprint density at radius 1 is 0.905 bits per heavy atom. The molecule has 0 aromatic rings. The Morgan fingerprint density at radius 3 is 1.76 bits per heavy atom. The molecule has 4 amide bonds. The Labute approximate surface area is 124 Å². The maximum Gasteiger partial charge on any atom is 0.334 e. The van der Waals surface area contributed by atoms with Crippen molar-refractivity contribution in [2.24, 2.45) is 0 Å². The summed E-state index contributed by atoms with van der Waals surface area (Å²) in [5, 5.41) is 9.91. The highest BCUT2D eigenvalue weighted by Gasteiger charge is 2.10. The lowest BCUT2D eigenvalue weighted by Gasteiger charge is -2.12. The normalized spacial score (nSPS) is 9.29. The van der Waals surface area contributed by atoms with Crippen molar-refractivity contribution in [2.75, 3.05) is 19.7 Å². The molecule has 0 heterocycles. The Bertz CT molecular complexity index is 358. The minimum absolute atomic E-state index is 0.0457. The molecule has 0 fully saturated rings. The molecule has 0 aliphatic heterocycles. The summed E-state index contributed by atoms with van der Waals surface area (Å²) in [7, 11) is 0. The number of esters is 1. The lowest BCUT2D eigenvalue weighted by Crippen LogP contribution is -2.44. The molecule has 0 saturated heterocycles. The molecule has 0 aromatic heterocycles. The second-order valence-electron chi connectivity index (χ2n) is 4.07. The van der Waals surface area contributed by atoms with E-state index >= 15 is 0 Å². The zero-order valence-electron chi connectivity index (χ0n) is 12.7. The molecule has 0 bridgehead atoms. The van der Waals surface area contributed by atoms with Crippen molar-refractivity contribution in [3.8, 4) is 0 Å². The van der Waals surface area contributed by atoms with Crippen molar-refractivity contribution in [1.82, 2.24) is 21.3 Å². The minimum Gasteiger partial charge on any atom is -0.463 e. The van der Waals surface area contributed by atoms with Gasteiger partial charge in [-0.2, -0.15) is 0 Å². The first-order chi connectivity index (χ1) is 10.0. The Morgan fingerprint density at radius 2 is 1.38 bits per heavy atom. The van der Waals surface area contributed by atoms with Crippen molar-refractivity contribution in [1.29, 1.82) is 0 Å². The van der Waals surface area contributed by atoms with Crippen LogP contribution in [0, 0.1) is 0 Å². The second kappa shape index (κ2) is 11.6. The van der Waals surface area contributed by atoms with Gasteiger partial charge in [0.05, 0.1) is 12.7 Å². The third kappa shape index (κ3) is 10.2. The molecule has 0 saturated carbocycles. The van der Waals surface area contributed by atoms with Gasteiger partial charge in [0.25, 0.3) is 0 Å². The number of hydrogen-bond acceptors (Lipinski definition) is 4. The third-order valence-corrected chi connectivity index (χ3v) is 2.12. The van der Waals surface area contributed by atoms with Gasteiger partial charge < -0.3 is 15.4 Å². The SMILES string of the molecule is CCCNC(=O)NC(=CC(=O)OCC)NC(=O)NCCC. The molecule has 0 aromatic carbocycles. The van der Waals surface area contributed by atoms with E-state index < -0.39 is 18.0 Å². The third-order valence-electron chi connectivity index (χ3n) is 2.12. The summed E-state index contributed by atoms with van der Waals surface area (Å²) in [4.78, 5) is 34.5. The average Bonchev–Trinajstić information content (AvgIpc) is 2.42. The zero-order valence-corrected chi connectivity index (χ0v) is 12.7. The predicted octanol–water partition coefficient (Wildman–Crippen LogP) is 0.809. The fourth-order valence-corrected chi connectivity index (χ4v) is 1.22. The van der Waals surface area contributed by atoms with Crippen molar-refractivity contribution >= 4 is 18.0 Å². The predicted molar refractivity (Wildman–Crippen MR) is 78.4 cm³/mol. The summed E-state index contributed by atoms with van der Waals surface area (Å²) < 4.78 is 4.74. The van der Waals surface area contributed by atoms with Gasteiger partial charge in [-0.25, -0.2) is 14.4 Å². The average molecular weight is 300 g/mol. The summed E-state index contributed by atoms with van der Waals surface area (Å²) in [5.41, 5.74) is 0. The van der Waals surface area contributed by atoms with Crippen molar-refractivity contribution in [3.05, 3.63) is 11.9 Å². The molecule has 0 spiro atoms. The summed E-state index contributed by atoms with van der Waals surface area (Å²) in [6.07, 6.45) is 2.56. The molecule has 8 nitrogen and oxygen atoms in total. The Balaban J connectivity index is 4.64. The second-order valence-corrected chi connectivity index (χ2v) is 4.07. The summed E-state index contributed by atoms with van der Waals surface area (Å²) in [6.45, 7) is 6.65. The monoisotopic (exact) mass is 300 g/mol. The molecule has 120 valence electrons. The van der Waals surface area contributed by atoms with Crippen LogP contribution in [0.3, 0.4) is 0 Å². The molecule has 0 unspecified atom stereocenters. The van der Waals surface area contributed by atoms with Gasteiger partial charge in [-0.05, 0) is 19.8 Å². The van der Waals surface area contributed by atoms with E-state index in [0.29, 0.717) is 13.1 Å². The molecule has 8 heteroatoms. The van der Waals surface area contributed by atoms with Crippen LogP contribution in [0.15, 0.2) is 11.9 Å². The van der Waals surface area contributed by atoms with Crippen LogP contribution in [0.4, 0.5) is 9.59 Å². The number of ether oxygens (including phenoxy) is 1. The first-order valence-corrected chi connectivity index (χ1v) is 7.01. The number of carbonyl (C=O) groups is 3. The topological polar surface area (TPSA) is 109 Å². The lowest BCUT2D eigenvalue weighted by atomic mass is 10.5. The number of rotatable bonds is 8.